The summed E-state index contributed by atoms with van der Waals surface area (Å²) in [7, 11) is 0. The molecule has 0 aliphatic heterocycles. The van der Waals surface area contributed by atoms with Crippen LogP contribution < -0.4 is 0 Å². The Morgan fingerprint density at radius 2 is 2.11 bits per heavy atom. The first-order valence-electron chi connectivity index (χ1n) is 5.87. The van der Waals surface area contributed by atoms with Crippen molar-refractivity contribution in [2.24, 2.45) is 0 Å². The Hall–Kier alpha value is -1.43. The minimum Gasteiger partial charge on any atom is -0.481 e. The third-order valence-electron chi connectivity index (χ3n) is 2.67. The Balaban J connectivity index is 2.65. The number of halogens is 2. The van der Waals surface area contributed by atoms with Gasteiger partial charge in [-0.1, -0.05) is 6.07 Å². The number of hydrogen-bond acceptors (Lipinski definition) is 2. The van der Waals surface area contributed by atoms with E-state index in [0.717, 1.165) is 0 Å². The highest BCUT2D eigenvalue weighted by atomic mass is 79.9. The average molecular weight is 332 g/mol. The molecule has 0 radical (unpaired) electrons. The summed E-state index contributed by atoms with van der Waals surface area (Å²) in [6.07, 6.45) is -0.0219. The number of rotatable bonds is 6. The molecule has 1 aromatic carbocycles. The van der Waals surface area contributed by atoms with E-state index < -0.39 is 11.8 Å². The van der Waals surface area contributed by atoms with Gasteiger partial charge in [-0.15, -0.1) is 0 Å². The fourth-order valence-electron chi connectivity index (χ4n) is 1.63. The maximum atomic E-state index is 13.3. The zero-order chi connectivity index (χ0) is 14.4. The largest absolute Gasteiger partial charge is 0.481 e. The van der Waals surface area contributed by atoms with Gasteiger partial charge >= 0.3 is 5.97 Å². The fraction of sp³-hybridized carbons (Fsp3) is 0.385. The highest BCUT2D eigenvalue weighted by Gasteiger charge is 2.14. The maximum absolute atomic E-state index is 13.3. The molecule has 0 saturated heterocycles. The topological polar surface area (TPSA) is 57.6 Å². The van der Waals surface area contributed by atoms with E-state index in [0.29, 0.717) is 16.6 Å². The highest BCUT2D eigenvalue weighted by molar-refractivity contribution is 9.10. The van der Waals surface area contributed by atoms with Crippen LogP contribution in [0.4, 0.5) is 4.39 Å². The van der Waals surface area contributed by atoms with E-state index in [1.807, 2.05) is 0 Å². The van der Waals surface area contributed by atoms with Crippen molar-refractivity contribution in [1.29, 1.82) is 0 Å². The number of carboxylic acids is 1. The third-order valence-corrected chi connectivity index (χ3v) is 3.31. The molecule has 0 aliphatic carbocycles. The zero-order valence-electron chi connectivity index (χ0n) is 10.5. The Bertz CT molecular complexity index is 479. The van der Waals surface area contributed by atoms with Crippen molar-refractivity contribution >= 4 is 27.8 Å². The highest BCUT2D eigenvalue weighted by Crippen LogP contribution is 2.17. The summed E-state index contributed by atoms with van der Waals surface area (Å²) in [6.45, 7) is 2.39. The van der Waals surface area contributed by atoms with E-state index >= 15 is 0 Å². The minimum absolute atomic E-state index is 0.0671. The lowest BCUT2D eigenvalue weighted by molar-refractivity contribution is -0.138. The quantitative estimate of drug-likeness (QED) is 0.871. The van der Waals surface area contributed by atoms with Crippen molar-refractivity contribution in [1.82, 2.24) is 4.90 Å². The van der Waals surface area contributed by atoms with Crippen LogP contribution >= 0.6 is 15.9 Å². The van der Waals surface area contributed by atoms with Gasteiger partial charge in [0.05, 0.1) is 17.3 Å². The molecule has 6 heteroatoms. The second kappa shape index (κ2) is 7.23. The van der Waals surface area contributed by atoms with Gasteiger partial charge in [0.1, 0.15) is 5.82 Å². The van der Waals surface area contributed by atoms with Gasteiger partial charge in [0.2, 0.25) is 5.91 Å². The molecule has 4 nitrogen and oxygen atoms in total. The minimum atomic E-state index is -0.944. The molecule has 0 aliphatic rings. The normalized spacial score (nSPS) is 10.3. The van der Waals surface area contributed by atoms with Crippen molar-refractivity contribution in [3.8, 4) is 0 Å². The van der Waals surface area contributed by atoms with E-state index in [1.165, 1.54) is 11.0 Å². The second-order valence-corrected chi connectivity index (χ2v) is 4.90. The number of likely N-dealkylation sites (N-methyl/N-ethyl adjacent to an activating group) is 1. The molecule has 0 atom stereocenters. The van der Waals surface area contributed by atoms with Gasteiger partial charge in [-0.3, -0.25) is 9.59 Å². The summed E-state index contributed by atoms with van der Waals surface area (Å²) in [5.74, 6) is -1.56. The van der Waals surface area contributed by atoms with Crippen molar-refractivity contribution < 1.29 is 19.1 Å². The molecule has 0 fully saturated rings. The van der Waals surface area contributed by atoms with E-state index in [1.54, 1.807) is 19.1 Å². The van der Waals surface area contributed by atoms with Crippen LogP contribution in [0.5, 0.6) is 0 Å². The molecule has 1 amide bonds. The number of nitrogens with zero attached hydrogens (tertiary/aromatic N) is 1. The van der Waals surface area contributed by atoms with Gasteiger partial charge in [-0.05, 0) is 40.5 Å². The number of benzene rings is 1. The summed E-state index contributed by atoms with van der Waals surface area (Å²) >= 11 is 3.04. The molecule has 0 heterocycles. The molecular weight excluding hydrogens is 317 g/mol. The first kappa shape index (κ1) is 15.6. The molecule has 0 aromatic heterocycles. The number of carbonyl (C=O) groups excluding carboxylic acids is 1. The smallest absolute Gasteiger partial charge is 0.305 e. The molecule has 1 aromatic rings. The predicted molar refractivity (Wildman–Crippen MR) is 72.3 cm³/mol. The van der Waals surface area contributed by atoms with Gasteiger partial charge in [-0.2, -0.15) is 0 Å². The molecule has 0 saturated carbocycles. The standard InChI is InChI=1S/C13H15BrFNO3/c1-2-16(6-5-13(18)19)12(17)8-9-3-4-10(14)11(15)7-9/h3-4,7H,2,5-6,8H2,1H3,(H,18,19). The van der Waals surface area contributed by atoms with Crippen molar-refractivity contribution in [3.63, 3.8) is 0 Å². The van der Waals surface area contributed by atoms with Crippen LogP contribution in [0.15, 0.2) is 22.7 Å². The molecule has 0 unspecified atom stereocenters. The van der Waals surface area contributed by atoms with Crippen LogP contribution in [0.25, 0.3) is 0 Å². The van der Waals surface area contributed by atoms with E-state index in [2.05, 4.69) is 15.9 Å². The molecule has 19 heavy (non-hydrogen) atoms. The third kappa shape index (κ3) is 4.98. The van der Waals surface area contributed by atoms with Crippen molar-refractivity contribution in [2.75, 3.05) is 13.1 Å². The Morgan fingerprint density at radius 3 is 2.63 bits per heavy atom. The lowest BCUT2D eigenvalue weighted by Gasteiger charge is -2.20. The summed E-state index contributed by atoms with van der Waals surface area (Å²) in [6, 6.07) is 4.51. The van der Waals surface area contributed by atoms with Gasteiger partial charge in [-0.25, -0.2) is 4.39 Å². The molecule has 1 N–H and O–H groups in total. The summed E-state index contributed by atoms with van der Waals surface area (Å²) < 4.78 is 13.7. The number of hydrogen-bond donors (Lipinski definition) is 1. The monoisotopic (exact) mass is 331 g/mol. The van der Waals surface area contributed by atoms with Crippen LogP contribution in [0, 0.1) is 5.82 Å². The number of carbonyl (C=O) groups is 2. The lowest BCUT2D eigenvalue weighted by atomic mass is 10.1. The lowest BCUT2D eigenvalue weighted by Crippen LogP contribution is -2.34. The fourth-order valence-corrected chi connectivity index (χ4v) is 1.87. The Morgan fingerprint density at radius 1 is 1.42 bits per heavy atom. The van der Waals surface area contributed by atoms with Crippen LogP contribution in [0.2, 0.25) is 0 Å². The molecule has 104 valence electrons. The number of amides is 1. The van der Waals surface area contributed by atoms with E-state index in [4.69, 9.17) is 5.11 Å². The molecule has 0 bridgehead atoms. The number of aliphatic carboxylic acids is 1. The average Bonchev–Trinajstić information content (AvgIpc) is 2.34. The Kier molecular flexibility index (Phi) is 5.95. The maximum Gasteiger partial charge on any atom is 0.305 e. The van der Waals surface area contributed by atoms with Gasteiger partial charge in [0, 0.05) is 13.1 Å². The van der Waals surface area contributed by atoms with Crippen LogP contribution in [0.3, 0.4) is 0 Å². The van der Waals surface area contributed by atoms with Gasteiger partial charge in [0.25, 0.3) is 0 Å². The predicted octanol–water partition coefficient (Wildman–Crippen LogP) is 2.45. The van der Waals surface area contributed by atoms with Crippen molar-refractivity contribution in [3.05, 3.63) is 34.1 Å². The van der Waals surface area contributed by atoms with Gasteiger partial charge in [0.15, 0.2) is 0 Å². The first-order valence-corrected chi connectivity index (χ1v) is 6.66. The summed E-state index contributed by atoms with van der Waals surface area (Å²) in [4.78, 5) is 23.9. The first-order chi connectivity index (χ1) is 8.93. The molecular formula is C13H15BrFNO3. The zero-order valence-corrected chi connectivity index (χ0v) is 12.1. The molecule has 1 rings (SSSR count). The van der Waals surface area contributed by atoms with Crippen LogP contribution in [-0.4, -0.2) is 35.0 Å². The summed E-state index contributed by atoms with van der Waals surface area (Å²) in [5.41, 5.74) is 0.569. The van der Waals surface area contributed by atoms with Crippen LogP contribution in [-0.2, 0) is 16.0 Å². The van der Waals surface area contributed by atoms with Gasteiger partial charge < -0.3 is 10.0 Å². The Labute approximate surface area is 119 Å². The summed E-state index contributed by atoms with van der Waals surface area (Å²) in [5, 5.41) is 8.60. The van der Waals surface area contributed by atoms with Crippen LogP contribution in [0.1, 0.15) is 18.9 Å². The van der Waals surface area contributed by atoms with E-state index in [9.17, 15) is 14.0 Å². The van der Waals surface area contributed by atoms with Crippen molar-refractivity contribution in [2.45, 2.75) is 19.8 Å². The molecule has 0 spiro atoms. The SMILES string of the molecule is CCN(CCC(=O)O)C(=O)Cc1ccc(Br)c(F)c1. The second-order valence-electron chi connectivity index (χ2n) is 4.04. The number of carboxylic acid groups (broad SMARTS) is 1. The van der Waals surface area contributed by atoms with E-state index in [-0.39, 0.29) is 25.3 Å².